The molecule has 1 fully saturated rings. The standard InChI is InChI=1S/C18H22O8/c1-11(19)23-15-9-17(25-13(3)21)7-5-6-8-18(17,26-14(4)22)10-16(15)24-12(2)20/h5-8,15-16H,9-10H2,1-4H3/t15-,16+,17-,18+. The van der Waals surface area contributed by atoms with Gasteiger partial charge in [-0.05, 0) is 12.2 Å². The normalized spacial score (nSPS) is 32.2. The third-order valence-corrected chi connectivity index (χ3v) is 4.27. The molecule has 4 atom stereocenters. The summed E-state index contributed by atoms with van der Waals surface area (Å²) in [5.74, 6) is -2.32. The van der Waals surface area contributed by atoms with E-state index in [1.807, 2.05) is 0 Å². The molecule has 2 aliphatic carbocycles. The second-order valence-corrected chi connectivity index (χ2v) is 6.39. The van der Waals surface area contributed by atoms with E-state index in [1.54, 1.807) is 24.3 Å². The van der Waals surface area contributed by atoms with E-state index in [2.05, 4.69) is 0 Å². The molecule has 0 unspecified atom stereocenters. The highest BCUT2D eigenvalue weighted by Gasteiger charge is 2.62. The van der Waals surface area contributed by atoms with E-state index < -0.39 is 47.3 Å². The molecule has 0 spiro atoms. The third-order valence-electron chi connectivity index (χ3n) is 4.27. The van der Waals surface area contributed by atoms with Crippen molar-refractivity contribution in [3.63, 3.8) is 0 Å². The van der Waals surface area contributed by atoms with Gasteiger partial charge in [0.1, 0.15) is 12.2 Å². The van der Waals surface area contributed by atoms with Crippen LogP contribution in [0.5, 0.6) is 0 Å². The maximum Gasteiger partial charge on any atom is 0.303 e. The van der Waals surface area contributed by atoms with Crippen LogP contribution < -0.4 is 0 Å². The van der Waals surface area contributed by atoms with Crippen molar-refractivity contribution in [1.82, 2.24) is 0 Å². The van der Waals surface area contributed by atoms with E-state index in [1.165, 1.54) is 27.7 Å². The molecule has 2 rings (SSSR count). The Morgan fingerprint density at radius 3 is 1.31 bits per heavy atom. The van der Waals surface area contributed by atoms with Crippen LogP contribution in [-0.2, 0) is 38.1 Å². The zero-order valence-corrected chi connectivity index (χ0v) is 15.1. The molecule has 0 radical (unpaired) electrons. The molecule has 142 valence electrons. The number of hydrogen-bond donors (Lipinski definition) is 0. The molecule has 8 nitrogen and oxygen atoms in total. The zero-order valence-electron chi connectivity index (χ0n) is 15.1. The molecule has 0 amide bonds. The summed E-state index contributed by atoms with van der Waals surface area (Å²) in [6, 6.07) is 0. The van der Waals surface area contributed by atoms with Crippen molar-refractivity contribution in [3.8, 4) is 0 Å². The molecule has 26 heavy (non-hydrogen) atoms. The maximum absolute atomic E-state index is 11.8. The first-order valence-electron chi connectivity index (χ1n) is 8.20. The number of esters is 4. The Kier molecular flexibility index (Phi) is 5.53. The lowest BCUT2D eigenvalue weighted by molar-refractivity contribution is -0.228. The highest BCUT2D eigenvalue weighted by Crippen LogP contribution is 2.48. The van der Waals surface area contributed by atoms with Crippen LogP contribution in [0.2, 0.25) is 0 Å². The van der Waals surface area contributed by atoms with Crippen molar-refractivity contribution in [2.45, 2.75) is 63.9 Å². The average molecular weight is 366 g/mol. The number of ether oxygens (including phenoxy) is 4. The first-order valence-corrected chi connectivity index (χ1v) is 8.20. The van der Waals surface area contributed by atoms with Crippen molar-refractivity contribution < 1.29 is 38.1 Å². The van der Waals surface area contributed by atoms with Crippen LogP contribution in [0, 0.1) is 0 Å². The second-order valence-electron chi connectivity index (χ2n) is 6.39. The van der Waals surface area contributed by atoms with Crippen molar-refractivity contribution in [3.05, 3.63) is 24.3 Å². The minimum atomic E-state index is -1.38. The molecule has 0 N–H and O–H groups in total. The van der Waals surface area contributed by atoms with Gasteiger partial charge in [-0.25, -0.2) is 0 Å². The van der Waals surface area contributed by atoms with Crippen molar-refractivity contribution in [2.24, 2.45) is 0 Å². The van der Waals surface area contributed by atoms with Gasteiger partial charge in [0.15, 0.2) is 11.2 Å². The van der Waals surface area contributed by atoms with E-state index in [9.17, 15) is 19.2 Å². The smallest absolute Gasteiger partial charge is 0.303 e. The van der Waals surface area contributed by atoms with E-state index >= 15 is 0 Å². The molecule has 0 bridgehead atoms. The molecule has 0 aromatic heterocycles. The number of carbonyl (C=O) groups is 4. The lowest BCUT2D eigenvalue weighted by Gasteiger charge is -2.52. The fourth-order valence-electron chi connectivity index (χ4n) is 3.54. The largest absolute Gasteiger partial charge is 0.458 e. The lowest BCUT2D eigenvalue weighted by atomic mass is 9.67. The Balaban J connectivity index is 2.52. The summed E-state index contributed by atoms with van der Waals surface area (Å²) in [6.07, 6.45) is 4.71. The molecule has 1 saturated carbocycles. The first kappa shape index (κ1) is 19.7. The maximum atomic E-state index is 11.8. The van der Waals surface area contributed by atoms with Gasteiger partial charge >= 0.3 is 23.9 Å². The van der Waals surface area contributed by atoms with E-state index in [0.29, 0.717) is 0 Å². The summed E-state index contributed by atoms with van der Waals surface area (Å²) in [7, 11) is 0. The quantitative estimate of drug-likeness (QED) is 0.543. The van der Waals surface area contributed by atoms with E-state index in [0.717, 1.165) is 0 Å². The minimum absolute atomic E-state index is 0.0295. The molecule has 0 aliphatic heterocycles. The molecule has 0 heterocycles. The van der Waals surface area contributed by atoms with Gasteiger partial charge in [-0.2, -0.15) is 0 Å². The van der Waals surface area contributed by atoms with Crippen LogP contribution in [0.1, 0.15) is 40.5 Å². The first-order chi connectivity index (χ1) is 12.1. The number of carbonyl (C=O) groups excluding carboxylic acids is 4. The van der Waals surface area contributed by atoms with Crippen LogP contribution in [0.4, 0.5) is 0 Å². The highest BCUT2D eigenvalue weighted by molar-refractivity contribution is 5.70. The fourth-order valence-corrected chi connectivity index (χ4v) is 3.54. The number of fused-ring (bicyclic) bond motifs is 1. The number of allylic oxidation sites excluding steroid dienone is 2. The number of rotatable bonds is 4. The summed E-state index contributed by atoms with van der Waals surface area (Å²) in [5, 5.41) is 0. The van der Waals surface area contributed by atoms with Crippen LogP contribution in [0.25, 0.3) is 0 Å². The molecule has 0 saturated heterocycles. The summed E-state index contributed by atoms with van der Waals surface area (Å²) >= 11 is 0. The highest BCUT2D eigenvalue weighted by atomic mass is 16.6. The molecule has 0 aromatic rings. The molecular formula is C18H22O8. The van der Waals surface area contributed by atoms with Crippen molar-refractivity contribution >= 4 is 23.9 Å². The lowest BCUT2D eigenvalue weighted by Crippen LogP contribution is -2.66. The Bertz CT molecular complexity index is 621. The van der Waals surface area contributed by atoms with Crippen LogP contribution in [-0.4, -0.2) is 47.3 Å². The molecule has 2 aliphatic rings. The van der Waals surface area contributed by atoms with Crippen LogP contribution in [0.15, 0.2) is 24.3 Å². The molecule has 0 aromatic carbocycles. The summed E-state index contributed by atoms with van der Waals surface area (Å²) in [5.41, 5.74) is -2.76. The van der Waals surface area contributed by atoms with Gasteiger partial charge in [0.2, 0.25) is 0 Å². The second kappa shape index (κ2) is 7.31. The topological polar surface area (TPSA) is 105 Å². The zero-order chi connectivity index (χ0) is 19.5. The van der Waals surface area contributed by atoms with Crippen LogP contribution >= 0.6 is 0 Å². The molecule has 8 heteroatoms. The predicted octanol–water partition coefficient (Wildman–Crippen LogP) is 1.37. The van der Waals surface area contributed by atoms with Gasteiger partial charge in [-0.1, -0.05) is 12.2 Å². The third kappa shape index (κ3) is 3.95. The number of hydrogen-bond acceptors (Lipinski definition) is 8. The van der Waals surface area contributed by atoms with Gasteiger partial charge in [0.05, 0.1) is 0 Å². The summed E-state index contributed by atoms with van der Waals surface area (Å²) in [6.45, 7) is 4.93. The van der Waals surface area contributed by atoms with E-state index in [-0.39, 0.29) is 12.8 Å². The van der Waals surface area contributed by atoms with Crippen molar-refractivity contribution in [1.29, 1.82) is 0 Å². The van der Waals surface area contributed by atoms with Gasteiger partial charge in [-0.15, -0.1) is 0 Å². The Labute approximate surface area is 151 Å². The Morgan fingerprint density at radius 2 is 1.04 bits per heavy atom. The van der Waals surface area contributed by atoms with Gasteiger partial charge in [0, 0.05) is 40.5 Å². The van der Waals surface area contributed by atoms with Gasteiger partial charge < -0.3 is 18.9 Å². The fraction of sp³-hybridized carbons (Fsp3) is 0.556. The van der Waals surface area contributed by atoms with Gasteiger partial charge in [0.25, 0.3) is 0 Å². The minimum Gasteiger partial charge on any atom is -0.458 e. The Morgan fingerprint density at radius 1 is 0.692 bits per heavy atom. The summed E-state index contributed by atoms with van der Waals surface area (Å²) in [4.78, 5) is 46.5. The average Bonchev–Trinajstić information content (AvgIpc) is 2.46. The monoisotopic (exact) mass is 366 g/mol. The van der Waals surface area contributed by atoms with Gasteiger partial charge in [-0.3, -0.25) is 19.2 Å². The Hall–Kier alpha value is -2.64. The summed E-state index contributed by atoms with van der Waals surface area (Å²) < 4.78 is 21.7. The van der Waals surface area contributed by atoms with Crippen LogP contribution in [0.3, 0.4) is 0 Å². The molecular weight excluding hydrogens is 344 g/mol. The predicted molar refractivity (Wildman–Crippen MR) is 87.6 cm³/mol. The SMILES string of the molecule is CC(=O)O[C@H]1C[C@@]2(OC(C)=O)C=CC=C[C@@]2(OC(C)=O)C[C@H]1OC(C)=O. The van der Waals surface area contributed by atoms with Crippen molar-refractivity contribution in [2.75, 3.05) is 0 Å². The van der Waals surface area contributed by atoms with E-state index in [4.69, 9.17) is 18.9 Å².